The smallest absolute Gasteiger partial charge is 0.253 e. The summed E-state index contributed by atoms with van der Waals surface area (Å²) in [5.74, 6) is 0.803. The second kappa shape index (κ2) is 9.20. The lowest BCUT2D eigenvalue weighted by molar-refractivity contribution is 0.0764. The molecule has 0 unspecified atom stereocenters. The molecule has 1 amide bonds. The highest BCUT2D eigenvalue weighted by Crippen LogP contribution is 2.16. The van der Waals surface area contributed by atoms with E-state index in [1.54, 1.807) is 24.0 Å². The molecule has 0 N–H and O–H groups in total. The van der Waals surface area contributed by atoms with Gasteiger partial charge in [-0.05, 0) is 44.0 Å². The molecule has 0 bridgehead atoms. The van der Waals surface area contributed by atoms with Crippen molar-refractivity contribution in [1.82, 2.24) is 9.21 Å². The zero-order valence-electron chi connectivity index (χ0n) is 15.1. The average Bonchev–Trinajstić information content (AvgIpc) is 2.89. The van der Waals surface area contributed by atoms with Gasteiger partial charge in [0.05, 0.1) is 12.4 Å². The molecule has 0 aromatic heterocycles. The van der Waals surface area contributed by atoms with Gasteiger partial charge >= 0.3 is 0 Å². The fraction of sp³-hybridized carbons (Fsp3) is 0.611. The number of carbonyl (C=O) groups excluding carboxylic acids is 1. The molecule has 1 heterocycles. The number of carbonyl (C=O) groups is 1. The van der Waals surface area contributed by atoms with Crippen molar-refractivity contribution < 1.29 is 17.9 Å². The van der Waals surface area contributed by atoms with E-state index in [2.05, 4.69) is 6.92 Å². The molecule has 1 aromatic rings. The average molecular weight is 368 g/mol. The van der Waals surface area contributed by atoms with E-state index in [-0.39, 0.29) is 11.7 Å². The van der Waals surface area contributed by atoms with Gasteiger partial charge in [-0.1, -0.05) is 13.3 Å². The Balaban J connectivity index is 1.96. The Morgan fingerprint density at radius 3 is 2.44 bits per heavy atom. The van der Waals surface area contributed by atoms with Crippen LogP contribution in [0.25, 0.3) is 0 Å². The van der Waals surface area contributed by atoms with Gasteiger partial charge in [-0.25, -0.2) is 12.7 Å². The fourth-order valence-electron chi connectivity index (χ4n) is 2.77. The van der Waals surface area contributed by atoms with Crippen molar-refractivity contribution in [3.05, 3.63) is 29.8 Å². The van der Waals surface area contributed by atoms with Crippen molar-refractivity contribution in [3.8, 4) is 5.75 Å². The van der Waals surface area contributed by atoms with Gasteiger partial charge in [0.2, 0.25) is 10.0 Å². The lowest BCUT2D eigenvalue weighted by atomic mass is 10.2. The van der Waals surface area contributed by atoms with Crippen LogP contribution in [-0.2, 0) is 10.0 Å². The number of amides is 1. The van der Waals surface area contributed by atoms with Crippen molar-refractivity contribution in [2.24, 2.45) is 0 Å². The van der Waals surface area contributed by atoms with E-state index in [1.807, 2.05) is 12.1 Å². The Hall–Kier alpha value is -1.60. The molecule has 1 saturated heterocycles. The summed E-state index contributed by atoms with van der Waals surface area (Å²) >= 11 is 0. The molecule has 0 radical (unpaired) electrons. The third-order valence-corrected chi connectivity index (χ3v) is 6.25. The molecule has 0 aliphatic carbocycles. The SMILES string of the molecule is CCCCOc1ccc(C(=O)N2CCCN(S(=O)(=O)CC)CC2)cc1. The highest BCUT2D eigenvalue weighted by molar-refractivity contribution is 7.89. The van der Waals surface area contributed by atoms with Crippen LogP contribution in [0.1, 0.15) is 43.5 Å². The van der Waals surface area contributed by atoms with Gasteiger partial charge in [-0.2, -0.15) is 0 Å². The zero-order chi connectivity index (χ0) is 18.3. The summed E-state index contributed by atoms with van der Waals surface area (Å²) in [6, 6.07) is 7.17. The predicted octanol–water partition coefficient (Wildman–Crippen LogP) is 2.36. The Kier molecular flexibility index (Phi) is 7.25. The number of hydrogen-bond acceptors (Lipinski definition) is 4. The van der Waals surface area contributed by atoms with Crippen LogP contribution in [0, 0.1) is 0 Å². The Morgan fingerprint density at radius 2 is 1.80 bits per heavy atom. The lowest BCUT2D eigenvalue weighted by Crippen LogP contribution is -2.37. The van der Waals surface area contributed by atoms with Crippen LogP contribution in [-0.4, -0.2) is 62.1 Å². The summed E-state index contributed by atoms with van der Waals surface area (Å²) < 4.78 is 31.1. The maximum Gasteiger partial charge on any atom is 0.253 e. The Morgan fingerprint density at radius 1 is 1.08 bits per heavy atom. The number of benzene rings is 1. The van der Waals surface area contributed by atoms with Gasteiger partial charge in [-0.3, -0.25) is 4.79 Å². The van der Waals surface area contributed by atoms with Crippen LogP contribution in [0.5, 0.6) is 5.75 Å². The molecular formula is C18H28N2O4S. The summed E-state index contributed by atoms with van der Waals surface area (Å²) in [6.07, 6.45) is 2.74. The highest BCUT2D eigenvalue weighted by atomic mass is 32.2. The molecule has 1 aliphatic rings. The van der Waals surface area contributed by atoms with Crippen molar-refractivity contribution in [2.75, 3.05) is 38.5 Å². The first kappa shape index (κ1) is 19.7. The number of unbranched alkanes of at least 4 members (excludes halogenated alkanes) is 1. The third-order valence-electron chi connectivity index (χ3n) is 4.37. The van der Waals surface area contributed by atoms with Gasteiger partial charge in [0.1, 0.15) is 5.75 Å². The summed E-state index contributed by atoms with van der Waals surface area (Å²) in [6.45, 7) is 6.27. The van der Waals surface area contributed by atoms with Crippen molar-refractivity contribution in [3.63, 3.8) is 0 Å². The molecular weight excluding hydrogens is 340 g/mol. The largest absolute Gasteiger partial charge is 0.494 e. The molecule has 1 aliphatic heterocycles. The number of nitrogens with zero attached hydrogens (tertiary/aromatic N) is 2. The standard InChI is InChI=1S/C18H28N2O4S/c1-3-5-15-24-17-9-7-16(8-10-17)18(21)19-11-6-12-20(14-13-19)25(22,23)4-2/h7-10H,3-6,11-15H2,1-2H3. The summed E-state index contributed by atoms with van der Waals surface area (Å²) in [5.41, 5.74) is 0.606. The normalized spacial score (nSPS) is 16.5. The quantitative estimate of drug-likeness (QED) is 0.693. The van der Waals surface area contributed by atoms with Gasteiger partial charge < -0.3 is 9.64 Å². The molecule has 2 rings (SSSR count). The van der Waals surface area contributed by atoms with Crippen LogP contribution in [0.2, 0.25) is 0 Å². The molecule has 1 fully saturated rings. The van der Waals surface area contributed by atoms with Crippen LogP contribution in [0.15, 0.2) is 24.3 Å². The van der Waals surface area contributed by atoms with E-state index in [0.717, 1.165) is 18.6 Å². The highest BCUT2D eigenvalue weighted by Gasteiger charge is 2.25. The van der Waals surface area contributed by atoms with Crippen LogP contribution < -0.4 is 4.74 Å². The first-order valence-electron chi connectivity index (χ1n) is 8.98. The van der Waals surface area contributed by atoms with Gasteiger partial charge in [0.15, 0.2) is 0 Å². The second-order valence-corrected chi connectivity index (χ2v) is 8.43. The topological polar surface area (TPSA) is 66.9 Å². The minimum atomic E-state index is -3.20. The zero-order valence-corrected chi connectivity index (χ0v) is 15.9. The number of ether oxygens (including phenoxy) is 1. The Labute approximate surface area is 150 Å². The van der Waals surface area contributed by atoms with Crippen LogP contribution in [0.4, 0.5) is 0 Å². The van der Waals surface area contributed by atoms with Gasteiger partial charge in [-0.15, -0.1) is 0 Å². The molecule has 0 spiro atoms. The summed E-state index contributed by atoms with van der Waals surface area (Å²) in [4.78, 5) is 14.4. The number of hydrogen-bond donors (Lipinski definition) is 0. The second-order valence-electron chi connectivity index (χ2n) is 6.17. The number of rotatable bonds is 7. The first-order chi connectivity index (χ1) is 12.0. The van der Waals surface area contributed by atoms with E-state index < -0.39 is 10.0 Å². The molecule has 7 heteroatoms. The van der Waals surface area contributed by atoms with E-state index >= 15 is 0 Å². The molecule has 6 nitrogen and oxygen atoms in total. The maximum absolute atomic E-state index is 12.7. The van der Waals surface area contributed by atoms with Crippen molar-refractivity contribution in [1.29, 1.82) is 0 Å². The molecule has 0 saturated carbocycles. The van der Waals surface area contributed by atoms with Crippen molar-refractivity contribution in [2.45, 2.75) is 33.1 Å². The van der Waals surface area contributed by atoms with E-state index in [1.165, 1.54) is 4.31 Å². The minimum Gasteiger partial charge on any atom is -0.494 e. The van der Waals surface area contributed by atoms with E-state index in [0.29, 0.717) is 44.8 Å². The number of sulfonamides is 1. The minimum absolute atomic E-state index is 0.0594. The van der Waals surface area contributed by atoms with E-state index in [4.69, 9.17) is 4.74 Å². The van der Waals surface area contributed by atoms with Crippen LogP contribution >= 0.6 is 0 Å². The molecule has 0 atom stereocenters. The van der Waals surface area contributed by atoms with E-state index in [9.17, 15) is 13.2 Å². The predicted molar refractivity (Wildman–Crippen MR) is 98.4 cm³/mol. The molecule has 140 valence electrons. The summed E-state index contributed by atoms with van der Waals surface area (Å²) in [7, 11) is -3.20. The first-order valence-corrected chi connectivity index (χ1v) is 10.6. The molecule has 1 aromatic carbocycles. The van der Waals surface area contributed by atoms with Gasteiger partial charge in [0, 0.05) is 31.7 Å². The monoisotopic (exact) mass is 368 g/mol. The maximum atomic E-state index is 12.7. The fourth-order valence-corrected chi connectivity index (χ4v) is 3.90. The van der Waals surface area contributed by atoms with Crippen molar-refractivity contribution >= 4 is 15.9 Å². The summed E-state index contributed by atoms with van der Waals surface area (Å²) in [5, 5.41) is 0. The van der Waals surface area contributed by atoms with Gasteiger partial charge in [0.25, 0.3) is 5.91 Å². The van der Waals surface area contributed by atoms with Crippen LogP contribution in [0.3, 0.4) is 0 Å². The molecule has 25 heavy (non-hydrogen) atoms. The lowest BCUT2D eigenvalue weighted by Gasteiger charge is -2.21. The third kappa shape index (κ3) is 5.44. The Bertz CT molecular complexity index is 658.